The summed E-state index contributed by atoms with van der Waals surface area (Å²) in [7, 11) is 0. The molecule has 2 aromatic rings. The first-order valence-electron chi connectivity index (χ1n) is 6.14. The first-order valence-corrected chi connectivity index (χ1v) is 6.14. The van der Waals surface area contributed by atoms with Crippen molar-refractivity contribution in [2.24, 2.45) is 5.73 Å². The quantitative estimate of drug-likeness (QED) is 0.816. The average molecular weight is 292 g/mol. The number of benzene rings is 1. The summed E-state index contributed by atoms with van der Waals surface area (Å²) in [6, 6.07) is 7.56. The Bertz CT molecular complexity index is 646. The third-order valence-electron chi connectivity index (χ3n) is 2.79. The maximum atomic E-state index is 13.8. The number of carbonyl (C=O) groups excluding carboxylic acids is 1. The van der Waals surface area contributed by atoms with Crippen molar-refractivity contribution in [2.75, 3.05) is 17.2 Å². The number of primary amides is 1. The van der Waals surface area contributed by atoms with Crippen LogP contribution in [-0.4, -0.2) is 17.4 Å². The van der Waals surface area contributed by atoms with Crippen LogP contribution in [0.3, 0.4) is 0 Å². The van der Waals surface area contributed by atoms with Crippen molar-refractivity contribution in [1.82, 2.24) is 4.98 Å². The predicted octanol–water partition coefficient (Wildman–Crippen LogP) is 1.43. The van der Waals surface area contributed by atoms with Gasteiger partial charge in [0.25, 0.3) is 0 Å². The van der Waals surface area contributed by atoms with E-state index in [2.05, 4.69) is 4.98 Å². The normalized spacial score (nSPS) is 10.4. The zero-order chi connectivity index (χ0) is 15.4. The maximum Gasteiger partial charge on any atom is 0.237 e. The molecule has 0 saturated carbocycles. The molecular weight excluding hydrogens is 278 g/mol. The van der Waals surface area contributed by atoms with Crippen molar-refractivity contribution in [2.45, 2.75) is 6.54 Å². The van der Waals surface area contributed by atoms with Crippen LogP contribution in [0, 0.1) is 11.6 Å². The van der Waals surface area contributed by atoms with Gasteiger partial charge in [0, 0.05) is 18.3 Å². The molecule has 0 aliphatic rings. The van der Waals surface area contributed by atoms with Gasteiger partial charge in [-0.3, -0.25) is 4.79 Å². The Kier molecular flexibility index (Phi) is 4.32. The third kappa shape index (κ3) is 3.88. The van der Waals surface area contributed by atoms with E-state index in [1.165, 1.54) is 4.90 Å². The molecule has 0 radical (unpaired) electrons. The summed E-state index contributed by atoms with van der Waals surface area (Å²) in [6.07, 6.45) is 0.884. The van der Waals surface area contributed by atoms with E-state index in [0.717, 1.165) is 11.8 Å². The van der Waals surface area contributed by atoms with Crippen LogP contribution < -0.4 is 16.4 Å². The Morgan fingerprint density at radius 1 is 1.24 bits per heavy atom. The monoisotopic (exact) mass is 292 g/mol. The lowest BCUT2D eigenvalue weighted by Gasteiger charge is -2.22. The van der Waals surface area contributed by atoms with E-state index < -0.39 is 17.5 Å². The average Bonchev–Trinajstić information content (AvgIpc) is 2.40. The number of carbonyl (C=O) groups is 1. The number of aromatic nitrogens is 1. The highest BCUT2D eigenvalue weighted by Gasteiger charge is 2.16. The molecule has 1 heterocycles. The van der Waals surface area contributed by atoms with E-state index in [1.54, 1.807) is 24.3 Å². The topological polar surface area (TPSA) is 85.2 Å². The SMILES string of the molecule is NC(=O)CN(Cc1ccc(N)cc1)c1ncc(F)cc1F. The number of pyridine rings is 1. The lowest BCUT2D eigenvalue weighted by molar-refractivity contribution is -0.116. The molecule has 2 rings (SSSR count). The second-order valence-corrected chi connectivity index (χ2v) is 4.52. The van der Waals surface area contributed by atoms with Crippen LogP contribution in [0.25, 0.3) is 0 Å². The molecule has 1 aromatic heterocycles. The summed E-state index contributed by atoms with van der Waals surface area (Å²) in [6.45, 7) is -0.0430. The van der Waals surface area contributed by atoms with E-state index in [9.17, 15) is 13.6 Å². The number of hydrogen-bond acceptors (Lipinski definition) is 4. The smallest absolute Gasteiger partial charge is 0.237 e. The molecule has 0 aliphatic carbocycles. The van der Waals surface area contributed by atoms with Crippen LogP contribution in [0.4, 0.5) is 20.3 Å². The number of amides is 1. The number of halogens is 2. The number of rotatable bonds is 5. The van der Waals surface area contributed by atoms with E-state index in [0.29, 0.717) is 11.8 Å². The molecule has 0 unspecified atom stereocenters. The van der Waals surface area contributed by atoms with Crippen molar-refractivity contribution in [3.05, 3.63) is 53.7 Å². The molecule has 0 aliphatic heterocycles. The van der Waals surface area contributed by atoms with Gasteiger partial charge in [0.1, 0.15) is 5.82 Å². The van der Waals surface area contributed by atoms with Crippen molar-refractivity contribution in [1.29, 1.82) is 0 Å². The molecule has 0 spiro atoms. The standard InChI is InChI=1S/C14H14F2N4O/c15-10-5-12(16)14(19-6-10)20(8-13(18)21)7-9-1-3-11(17)4-2-9/h1-6H,7-8,17H2,(H2,18,21). The molecule has 7 heteroatoms. The molecule has 21 heavy (non-hydrogen) atoms. The minimum atomic E-state index is -0.855. The highest BCUT2D eigenvalue weighted by Crippen LogP contribution is 2.19. The number of nitrogens with zero attached hydrogens (tertiary/aromatic N) is 2. The third-order valence-corrected chi connectivity index (χ3v) is 2.79. The minimum Gasteiger partial charge on any atom is -0.399 e. The second-order valence-electron chi connectivity index (χ2n) is 4.52. The fourth-order valence-corrected chi connectivity index (χ4v) is 1.88. The number of nitrogens with two attached hydrogens (primary N) is 2. The van der Waals surface area contributed by atoms with Gasteiger partial charge in [0.05, 0.1) is 12.7 Å². The van der Waals surface area contributed by atoms with Gasteiger partial charge in [-0.05, 0) is 17.7 Å². The first kappa shape index (κ1) is 14.7. The van der Waals surface area contributed by atoms with Crippen LogP contribution in [-0.2, 0) is 11.3 Å². The fraction of sp³-hybridized carbons (Fsp3) is 0.143. The molecule has 1 aromatic carbocycles. The molecule has 5 nitrogen and oxygen atoms in total. The molecule has 0 fully saturated rings. The van der Waals surface area contributed by atoms with E-state index >= 15 is 0 Å². The number of anilines is 2. The van der Waals surface area contributed by atoms with Crippen LogP contribution in [0.15, 0.2) is 36.5 Å². The van der Waals surface area contributed by atoms with Gasteiger partial charge >= 0.3 is 0 Å². The Balaban J connectivity index is 2.29. The Hall–Kier alpha value is -2.70. The number of nitrogen functional groups attached to an aromatic ring is 1. The summed E-state index contributed by atoms with van der Waals surface area (Å²) in [4.78, 5) is 16.2. The summed E-state index contributed by atoms with van der Waals surface area (Å²) in [5, 5.41) is 0. The Morgan fingerprint density at radius 2 is 1.90 bits per heavy atom. The molecular formula is C14H14F2N4O. The van der Waals surface area contributed by atoms with Gasteiger partial charge in [0.15, 0.2) is 11.6 Å². The highest BCUT2D eigenvalue weighted by atomic mass is 19.1. The second kappa shape index (κ2) is 6.17. The lowest BCUT2D eigenvalue weighted by Crippen LogP contribution is -2.34. The van der Waals surface area contributed by atoms with Gasteiger partial charge in [-0.15, -0.1) is 0 Å². The van der Waals surface area contributed by atoms with E-state index in [4.69, 9.17) is 11.5 Å². The maximum absolute atomic E-state index is 13.8. The Morgan fingerprint density at radius 3 is 2.48 bits per heavy atom. The molecule has 0 saturated heterocycles. The molecule has 1 amide bonds. The van der Waals surface area contributed by atoms with Gasteiger partial charge in [-0.2, -0.15) is 0 Å². The van der Waals surface area contributed by atoms with Gasteiger partial charge in [-0.25, -0.2) is 13.8 Å². The van der Waals surface area contributed by atoms with Gasteiger partial charge in [0.2, 0.25) is 5.91 Å². The van der Waals surface area contributed by atoms with Crippen molar-refractivity contribution >= 4 is 17.4 Å². The van der Waals surface area contributed by atoms with Crippen LogP contribution in [0.5, 0.6) is 0 Å². The number of hydrogen-bond donors (Lipinski definition) is 2. The predicted molar refractivity (Wildman–Crippen MR) is 75.3 cm³/mol. The van der Waals surface area contributed by atoms with Gasteiger partial charge < -0.3 is 16.4 Å². The molecule has 110 valence electrons. The lowest BCUT2D eigenvalue weighted by atomic mass is 10.2. The first-order chi connectivity index (χ1) is 9.95. The van der Waals surface area contributed by atoms with Crippen LogP contribution in [0.2, 0.25) is 0 Å². The van der Waals surface area contributed by atoms with E-state index in [1.807, 2.05) is 0 Å². The summed E-state index contributed by atoms with van der Waals surface area (Å²) < 4.78 is 26.7. The van der Waals surface area contributed by atoms with Gasteiger partial charge in [-0.1, -0.05) is 12.1 Å². The summed E-state index contributed by atoms with van der Waals surface area (Å²) >= 11 is 0. The Labute approximate surface area is 120 Å². The minimum absolute atomic E-state index is 0.132. The zero-order valence-electron chi connectivity index (χ0n) is 11.1. The summed E-state index contributed by atoms with van der Waals surface area (Å²) in [5.41, 5.74) is 12.1. The zero-order valence-corrected chi connectivity index (χ0v) is 11.1. The van der Waals surface area contributed by atoms with E-state index in [-0.39, 0.29) is 18.9 Å². The fourth-order valence-electron chi connectivity index (χ4n) is 1.88. The van der Waals surface area contributed by atoms with Crippen molar-refractivity contribution in [3.63, 3.8) is 0 Å². The molecule has 0 atom stereocenters. The molecule has 0 bridgehead atoms. The van der Waals surface area contributed by atoms with Crippen molar-refractivity contribution in [3.8, 4) is 0 Å². The van der Waals surface area contributed by atoms with Crippen LogP contribution in [0.1, 0.15) is 5.56 Å². The highest BCUT2D eigenvalue weighted by molar-refractivity contribution is 5.79. The van der Waals surface area contributed by atoms with Crippen LogP contribution >= 0.6 is 0 Å². The largest absolute Gasteiger partial charge is 0.399 e. The van der Waals surface area contributed by atoms with Crippen molar-refractivity contribution < 1.29 is 13.6 Å². The summed E-state index contributed by atoms with van der Waals surface area (Å²) in [5.74, 6) is -2.42. The molecule has 4 N–H and O–H groups in total.